The van der Waals surface area contributed by atoms with Crippen LogP contribution in [0.25, 0.3) is 27.8 Å². The lowest BCUT2D eigenvalue weighted by molar-refractivity contribution is -0.124. The largest absolute Gasteiger partial charge is 0.504 e. The second-order valence-corrected chi connectivity index (χ2v) is 11.3. The van der Waals surface area contributed by atoms with E-state index in [1.54, 1.807) is 36.8 Å². The second kappa shape index (κ2) is 17.2. The minimum atomic E-state index is -0.696. The number of benzene rings is 3. The van der Waals surface area contributed by atoms with Crippen LogP contribution in [0.2, 0.25) is 0 Å². The molecule has 0 radical (unpaired) electrons. The number of carbonyl (C=O) groups is 2. The van der Waals surface area contributed by atoms with Crippen molar-refractivity contribution in [3.05, 3.63) is 101 Å². The summed E-state index contributed by atoms with van der Waals surface area (Å²) in [5.74, 6) is -0.590. The Hall–Kier alpha value is -6.28. The van der Waals surface area contributed by atoms with Gasteiger partial charge >= 0.3 is 0 Å². The third kappa shape index (κ3) is 8.59. The number of phenolic OH excluding ortho intramolecular Hbond substituents is 1. The number of amides is 1. The van der Waals surface area contributed by atoms with Crippen LogP contribution < -0.4 is 20.4 Å². The molecular weight excluding hydrogens is 643 g/mol. The average molecular weight is 679 g/mol. The molecule has 0 aliphatic carbocycles. The molecule has 1 aliphatic heterocycles. The molecule has 4 aromatic rings. The van der Waals surface area contributed by atoms with Crippen molar-refractivity contribution in [2.75, 3.05) is 25.1 Å². The van der Waals surface area contributed by atoms with E-state index >= 15 is 0 Å². The molecule has 0 unspecified atom stereocenters. The zero-order chi connectivity index (χ0) is 36.2. The third-order valence-corrected chi connectivity index (χ3v) is 8.30. The molecule has 1 saturated heterocycles. The molecule has 0 bridgehead atoms. The van der Waals surface area contributed by atoms with Crippen LogP contribution >= 0.6 is 0 Å². The standard InChI is InChI=1S/C36H33FN6O4.CH2O2/c1-22(15-34(45)42-46)24-5-3-23(4-6-24)20-40-28-11-13-43(14-12-28)36-29(19-39)35(26-7-8-27(18-38)31(37)16-26)30(21-41-36)25-9-10-33(47-2)32(44)17-25;2-1-3/h3-10,15-17,21,28,40,44,46H,11-14,20H2,1-2H3,(H,42,45);1H,(H,2,3)/b22-15+;. The van der Waals surface area contributed by atoms with Gasteiger partial charge in [0, 0.05) is 49.1 Å². The maximum absolute atomic E-state index is 14.9. The molecule has 256 valence electrons. The minimum Gasteiger partial charge on any atom is -0.504 e. The van der Waals surface area contributed by atoms with E-state index in [9.17, 15) is 24.8 Å². The Kier molecular flexibility index (Phi) is 12.6. The van der Waals surface area contributed by atoms with Crippen LogP contribution in [0.1, 0.15) is 42.0 Å². The summed E-state index contributed by atoms with van der Waals surface area (Å²) in [6.45, 7) is 3.48. The normalized spacial score (nSPS) is 12.9. The number of aromatic hydroxyl groups is 1. The van der Waals surface area contributed by atoms with Crippen LogP contribution in [-0.4, -0.2) is 59.0 Å². The van der Waals surface area contributed by atoms with Crippen molar-refractivity contribution in [1.82, 2.24) is 15.8 Å². The van der Waals surface area contributed by atoms with E-state index in [2.05, 4.69) is 16.3 Å². The summed E-state index contributed by atoms with van der Waals surface area (Å²) < 4.78 is 20.0. The van der Waals surface area contributed by atoms with Crippen LogP contribution in [0.4, 0.5) is 10.2 Å². The van der Waals surface area contributed by atoms with Crippen molar-refractivity contribution < 1.29 is 34.1 Å². The smallest absolute Gasteiger partial charge is 0.290 e. The van der Waals surface area contributed by atoms with Crippen molar-refractivity contribution in [2.24, 2.45) is 0 Å². The number of hydrogen-bond donors (Lipinski definition) is 5. The first-order chi connectivity index (χ1) is 24.2. The zero-order valence-corrected chi connectivity index (χ0v) is 27.4. The number of carbonyl (C=O) groups excluding carboxylic acids is 1. The van der Waals surface area contributed by atoms with Gasteiger partial charge in [-0.05, 0) is 71.9 Å². The Labute approximate surface area is 288 Å². The molecule has 3 aromatic carbocycles. The summed E-state index contributed by atoms with van der Waals surface area (Å²) in [6, 6.07) is 21.3. The van der Waals surface area contributed by atoms with Gasteiger partial charge < -0.3 is 25.2 Å². The number of nitrogens with one attached hydrogen (secondary N) is 2. The van der Waals surface area contributed by atoms with Gasteiger partial charge in [0.05, 0.1) is 12.7 Å². The molecule has 1 aliphatic rings. The van der Waals surface area contributed by atoms with Crippen LogP contribution in [-0.2, 0) is 16.1 Å². The quantitative estimate of drug-likeness (QED) is 0.0661. The SMILES string of the molecule is COc1ccc(-c2cnc(N3CCC(NCc4ccc(/C(C)=C/C(=O)NO)cc4)CC3)c(C#N)c2-c2ccc(C#N)c(F)c2)cc1O.O=CO. The van der Waals surface area contributed by atoms with Crippen LogP contribution in [0, 0.1) is 28.5 Å². The lowest BCUT2D eigenvalue weighted by Crippen LogP contribution is -2.42. The van der Waals surface area contributed by atoms with E-state index in [1.807, 2.05) is 30.3 Å². The summed E-state index contributed by atoms with van der Waals surface area (Å²) in [5, 5.41) is 49.4. The average Bonchev–Trinajstić information content (AvgIpc) is 3.14. The highest BCUT2D eigenvalue weighted by molar-refractivity contribution is 5.94. The predicted octanol–water partition coefficient (Wildman–Crippen LogP) is 5.38. The number of nitrogens with zero attached hydrogens (tertiary/aromatic N) is 4. The van der Waals surface area contributed by atoms with Gasteiger partial charge in [0.1, 0.15) is 29.3 Å². The van der Waals surface area contributed by atoms with Crippen molar-refractivity contribution in [3.8, 4) is 45.9 Å². The molecule has 2 heterocycles. The lowest BCUT2D eigenvalue weighted by Gasteiger charge is -2.34. The number of hydrogen-bond acceptors (Lipinski definition) is 10. The Morgan fingerprint density at radius 2 is 1.76 bits per heavy atom. The van der Waals surface area contributed by atoms with E-state index in [1.165, 1.54) is 31.4 Å². The molecule has 0 spiro atoms. The number of piperidine rings is 1. The van der Waals surface area contributed by atoms with Gasteiger partial charge in [-0.15, -0.1) is 0 Å². The van der Waals surface area contributed by atoms with E-state index in [4.69, 9.17) is 24.8 Å². The molecule has 0 saturated carbocycles. The van der Waals surface area contributed by atoms with Crippen molar-refractivity contribution in [1.29, 1.82) is 10.5 Å². The number of pyridine rings is 1. The molecule has 5 rings (SSSR count). The molecular formula is C37H35FN6O6. The first kappa shape index (κ1) is 36.6. The Balaban J connectivity index is 0.00000181. The fourth-order valence-corrected chi connectivity index (χ4v) is 5.74. The third-order valence-electron chi connectivity index (χ3n) is 8.30. The number of carboxylic acid groups (broad SMARTS) is 1. The molecule has 1 fully saturated rings. The van der Waals surface area contributed by atoms with E-state index in [0.29, 0.717) is 47.7 Å². The number of anilines is 1. The minimum absolute atomic E-state index is 0.0888. The topological polar surface area (TPSA) is 192 Å². The summed E-state index contributed by atoms with van der Waals surface area (Å²) in [6.07, 6.45) is 4.57. The van der Waals surface area contributed by atoms with Gasteiger partial charge in [0.25, 0.3) is 12.4 Å². The van der Waals surface area contributed by atoms with Crippen molar-refractivity contribution in [3.63, 3.8) is 0 Å². The number of rotatable bonds is 9. The van der Waals surface area contributed by atoms with E-state index in [-0.39, 0.29) is 35.1 Å². The number of hydroxylamine groups is 1. The zero-order valence-electron chi connectivity index (χ0n) is 27.4. The first-order valence-corrected chi connectivity index (χ1v) is 15.5. The number of phenols is 1. The van der Waals surface area contributed by atoms with Gasteiger partial charge in [-0.2, -0.15) is 10.5 Å². The Morgan fingerprint density at radius 1 is 1.08 bits per heavy atom. The number of allylic oxidation sites excluding steroid dienone is 1. The summed E-state index contributed by atoms with van der Waals surface area (Å²) in [7, 11) is 1.45. The summed E-state index contributed by atoms with van der Waals surface area (Å²) >= 11 is 0. The van der Waals surface area contributed by atoms with Crippen LogP contribution in [0.3, 0.4) is 0 Å². The fourth-order valence-electron chi connectivity index (χ4n) is 5.74. The van der Waals surface area contributed by atoms with E-state index < -0.39 is 11.7 Å². The highest BCUT2D eigenvalue weighted by Gasteiger charge is 2.26. The Bertz CT molecular complexity index is 1960. The lowest BCUT2D eigenvalue weighted by atomic mass is 9.91. The number of methoxy groups -OCH3 is 1. The van der Waals surface area contributed by atoms with Crippen LogP contribution in [0.15, 0.2) is 72.9 Å². The number of ether oxygens (including phenoxy) is 1. The number of halogens is 1. The van der Waals surface area contributed by atoms with Crippen LogP contribution in [0.5, 0.6) is 11.5 Å². The maximum Gasteiger partial charge on any atom is 0.290 e. The monoisotopic (exact) mass is 678 g/mol. The molecule has 1 amide bonds. The number of nitriles is 2. The van der Waals surface area contributed by atoms with Gasteiger partial charge in [0.2, 0.25) is 0 Å². The highest BCUT2D eigenvalue weighted by Crippen LogP contribution is 2.41. The molecule has 12 nitrogen and oxygen atoms in total. The van der Waals surface area contributed by atoms with Gasteiger partial charge in [-0.3, -0.25) is 14.8 Å². The second-order valence-electron chi connectivity index (χ2n) is 11.3. The van der Waals surface area contributed by atoms with Gasteiger partial charge in [0.15, 0.2) is 11.5 Å². The van der Waals surface area contributed by atoms with Crippen molar-refractivity contribution in [2.45, 2.75) is 32.4 Å². The fraction of sp³-hybridized carbons (Fsp3) is 0.216. The molecule has 50 heavy (non-hydrogen) atoms. The summed E-state index contributed by atoms with van der Waals surface area (Å²) in [5.41, 5.74) is 6.43. The van der Waals surface area contributed by atoms with Gasteiger partial charge in [-0.25, -0.2) is 14.9 Å². The molecule has 13 heteroatoms. The summed E-state index contributed by atoms with van der Waals surface area (Å²) in [4.78, 5) is 26.5. The maximum atomic E-state index is 14.9. The molecule has 0 atom stereocenters. The first-order valence-electron chi connectivity index (χ1n) is 15.5. The highest BCUT2D eigenvalue weighted by atomic mass is 19.1. The predicted molar refractivity (Wildman–Crippen MR) is 184 cm³/mol. The van der Waals surface area contributed by atoms with E-state index in [0.717, 1.165) is 29.5 Å². The molecule has 5 N–H and O–H groups in total. The Morgan fingerprint density at radius 3 is 2.34 bits per heavy atom. The van der Waals surface area contributed by atoms with Gasteiger partial charge in [-0.1, -0.05) is 36.4 Å². The number of aromatic nitrogens is 1. The van der Waals surface area contributed by atoms with Crippen molar-refractivity contribution >= 4 is 23.8 Å². The molecule has 1 aromatic heterocycles.